The van der Waals surface area contributed by atoms with E-state index in [0.717, 1.165) is 11.1 Å². The van der Waals surface area contributed by atoms with Crippen LogP contribution in [0, 0.1) is 0 Å². The van der Waals surface area contributed by atoms with Crippen LogP contribution in [-0.4, -0.2) is 20.7 Å². The van der Waals surface area contributed by atoms with Gasteiger partial charge in [0, 0.05) is 25.9 Å². The van der Waals surface area contributed by atoms with Crippen LogP contribution in [0.4, 0.5) is 5.82 Å². The summed E-state index contributed by atoms with van der Waals surface area (Å²) in [5, 5.41) is 3.48. The maximum Gasteiger partial charge on any atom is 0.331 e. The van der Waals surface area contributed by atoms with E-state index in [4.69, 9.17) is 11.6 Å². The third-order valence-corrected chi connectivity index (χ3v) is 3.17. The first-order valence-electron chi connectivity index (χ1n) is 6.18. The number of nitrogens with zero attached hydrogens (tertiary/aromatic N) is 3. The molecule has 7 heteroatoms. The monoisotopic (exact) mass is 294 g/mol. The predicted molar refractivity (Wildman–Crippen MR) is 78.5 cm³/mol. The standard InChI is InChI=1S/C13H15ClN4O2/c1-3-15-11-5-4-9(14)10(16-11)8-18-12(19)6-7-17(2)13(18)20/h4-7H,3,8H2,1-2H3,(H,15,16). The van der Waals surface area contributed by atoms with E-state index in [1.54, 1.807) is 19.2 Å². The van der Waals surface area contributed by atoms with Crippen molar-refractivity contribution in [1.29, 1.82) is 0 Å². The fraction of sp³-hybridized carbons (Fsp3) is 0.308. The van der Waals surface area contributed by atoms with E-state index < -0.39 is 5.69 Å². The molecule has 1 N–H and O–H groups in total. The van der Waals surface area contributed by atoms with Crippen LogP contribution in [0.2, 0.25) is 5.02 Å². The molecule has 20 heavy (non-hydrogen) atoms. The van der Waals surface area contributed by atoms with Gasteiger partial charge >= 0.3 is 5.69 Å². The van der Waals surface area contributed by atoms with Crippen molar-refractivity contribution in [3.05, 3.63) is 56.0 Å². The highest BCUT2D eigenvalue weighted by atomic mass is 35.5. The van der Waals surface area contributed by atoms with Gasteiger partial charge < -0.3 is 9.88 Å². The molecule has 0 radical (unpaired) electrons. The molecule has 0 aromatic carbocycles. The van der Waals surface area contributed by atoms with Crippen molar-refractivity contribution in [2.45, 2.75) is 13.5 Å². The van der Waals surface area contributed by atoms with Crippen molar-refractivity contribution < 1.29 is 0 Å². The Balaban J connectivity index is 2.45. The summed E-state index contributed by atoms with van der Waals surface area (Å²) in [5.74, 6) is 0.660. The number of rotatable bonds is 4. The molecular weight excluding hydrogens is 280 g/mol. The Bertz CT molecular complexity index is 736. The van der Waals surface area contributed by atoms with Gasteiger partial charge in [-0.25, -0.2) is 9.78 Å². The second kappa shape index (κ2) is 5.92. The lowest BCUT2D eigenvalue weighted by molar-refractivity contribution is 0.631. The zero-order valence-corrected chi connectivity index (χ0v) is 12.0. The number of hydrogen-bond donors (Lipinski definition) is 1. The van der Waals surface area contributed by atoms with Gasteiger partial charge in [-0.2, -0.15) is 0 Å². The van der Waals surface area contributed by atoms with Crippen LogP contribution >= 0.6 is 11.6 Å². The molecule has 0 saturated heterocycles. The molecule has 2 rings (SSSR count). The number of hydrogen-bond acceptors (Lipinski definition) is 4. The molecule has 106 valence electrons. The fourth-order valence-electron chi connectivity index (χ4n) is 1.78. The van der Waals surface area contributed by atoms with E-state index in [9.17, 15) is 9.59 Å². The topological polar surface area (TPSA) is 68.9 Å². The van der Waals surface area contributed by atoms with Gasteiger partial charge in [-0.05, 0) is 19.1 Å². The Hall–Kier alpha value is -2.08. The lowest BCUT2D eigenvalue weighted by atomic mass is 10.3. The van der Waals surface area contributed by atoms with Crippen LogP contribution in [0.25, 0.3) is 0 Å². The van der Waals surface area contributed by atoms with Gasteiger partial charge in [-0.15, -0.1) is 0 Å². The number of anilines is 1. The van der Waals surface area contributed by atoms with Crippen LogP contribution in [0.15, 0.2) is 34.0 Å². The van der Waals surface area contributed by atoms with E-state index in [0.29, 0.717) is 16.5 Å². The minimum Gasteiger partial charge on any atom is -0.370 e. The summed E-state index contributed by atoms with van der Waals surface area (Å²) in [7, 11) is 1.59. The SMILES string of the molecule is CCNc1ccc(Cl)c(Cn2c(=O)ccn(C)c2=O)n1. The Kier molecular flexibility index (Phi) is 4.24. The summed E-state index contributed by atoms with van der Waals surface area (Å²) in [6.45, 7) is 2.72. The third-order valence-electron chi connectivity index (χ3n) is 2.82. The average molecular weight is 295 g/mol. The molecule has 2 aromatic heterocycles. The van der Waals surface area contributed by atoms with E-state index in [2.05, 4.69) is 10.3 Å². The first kappa shape index (κ1) is 14.3. The van der Waals surface area contributed by atoms with Gasteiger partial charge in [0.1, 0.15) is 5.82 Å². The normalized spacial score (nSPS) is 10.6. The maximum atomic E-state index is 12.0. The van der Waals surface area contributed by atoms with Crippen molar-refractivity contribution >= 4 is 17.4 Å². The highest BCUT2D eigenvalue weighted by molar-refractivity contribution is 6.31. The van der Waals surface area contributed by atoms with E-state index in [1.165, 1.54) is 16.8 Å². The summed E-state index contributed by atoms with van der Waals surface area (Å²) in [6.07, 6.45) is 1.44. The molecule has 0 atom stereocenters. The van der Waals surface area contributed by atoms with Crippen molar-refractivity contribution in [2.24, 2.45) is 7.05 Å². The van der Waals surface area contributed by atoms with Crippen molar-refractivity contribution in [3.8, 4) is 0 Å². The summed E-state index contributed by atoms with van der Waals surface area (Å²) in [5.41, 5.74) is -0.292. The third kappa shape index (κ3) is 2.91. The van der Waals surface area contributed by atoms with Gasteiger partial charge in [0.15, 0.2) is 0 Å². The molecule has 0 aliphatic carbocycles. The lowest BCUT2D eigenvalue weighted by Crippen LogP contribution is -2.38. The second-order valence-corrected chi connectivity index (χ2v) is 4.70. The molecule has 6 nitrogen and oxygen atoms in total. The van der Waals surface area contributed by atoms with Crippen LogP contribution < -0.4 is 16.6 Å². The van der Waals surface area contributed by atoms with Gasteiger partial charge in [0.05, 0.1) is 17.3 Å². The van der Waals surface area contributed by atoms with Crippen molar-refractivity contribution in [3.63, 3.8) is 0 Å². The lowest BCUT2D eigenvalue weighted by Gasteiger charge is -2.09. The van der Waals surface area contributed by atoms with E-state index in [1.807, 2.05) is 6.92 Å². The summed E-state index contributed by atoms with van der Waals surface area (Å²) in [6, 6.07) is 4.78. The van der Waals surface area contributed by atoms with Gasteiger partial charge in [-0.3, -0.25) is 9.36 Å². The predicted octanol–water partition coefficient (Wildman–Crippen LogP) is 1.08. The van der Waals surface area contributed by atoms with Gasteiger partial charge in [0.25, 0.3) is 5.56 Å². The summed E-state index contributed by atoms with van der Waals surface area (Å²) >= 11 is 6.08. The highest BCUT2D eigenvalue weighted by Crippen LogP contribution is 2.16. The largest absolute Gasteiger partial charge is 0.370 e. The fourth-order valence-corrected chi connectivity index (χ4v) is 1.95. The second-order valence-electron chi connectivity index (χ2n) is 4.29. The molecule has 0 aliphatic rings. The van der Waals surface area contributed by atoms with Crippen molar-refractivity contribution in [1.82, 2.24) is 14.1 Å². The number of nitrogens with one attached hydrogen (secondary N) is 1. The number of pyridine rings is 1. The number of halogens is 1. The molecular formula is C13H15ClN4O2. The van der Waals surface area contributed by atoms with E-state index >= 15 is 0 Å². The molecule has 2 heterocycles. The Labute approximate surface area is 120 Å². The minimum absolute atomic E-state index is 0.0460. The molecule has 0 bridgehead atoms. The number of aromatic nitrogens is 3. The first-order valence-corrected chi connectivity index (χ1v) is 6.56. The quantitative estimate of drug-likeness (QED) is 0.916. The first-order chi connectivity index (χ1) is 9.52. The Morgan fingerprint density at radius 3 is 2.75 bits per heavy atom. The molecule has 0 unspecified atom stereocenters. The van der Waals surface area contributed by atoms with Gasteiger partial charge in [0.2, 0.25) is 0 Å². The zero-order valence-electron chi connectivity index (χ0n) is 11.3. The molecule has 0 spiro atoms. The summed E-state index contributed by atoms with van der Waals surface area (Å²) in [4.78, 5) is 28.1. The van der Waals surface area contributed by atoms with E-state index in [-0.39, 0.29) is 12.1 Å². The van der Waals surface area contributed by atoms with Gasteiger partial charge in [-0.1, -0.05) is 11.6 Å². The molecule has 0 amide bonds. The Morgan fingerprint density at radius 2 is 2.05 bits per heavy atom. The van der Waals surface area contributed by atoms with Crippen LogP contribution in [0.1, 0.15) is 12.6 Å². The van der Waals surface area contributed by atoms with Crippen LogP contribution in [0.3, 0.4) is 0 Å². The molecule has 0 saturated carbocycles. The minimum atomic E-state index is -0.399. The number of aryl methyl sites for hydroxylation is 1. The highest BCUT2D eigenvalue weighted by Gasteiger charge is 2.09. The smallest absolute Gasteiger partial charge is 0.331 e. The maximum absolute atomic E-state index is 12.0. The summed E-state index contributed by atoms with van der Waals surface area (Å²) < 4.78 is 2.44. The van der Waals surface area contributed by atoms with Crippen LogP contribution in [0.5, 0.6) is 0 Å². The molecule has 0 aliphatic heterocycles. The Morgan fingerprint density at radius 1 is 1.30 bits per heavy atom. The average Bonchev–Trinajstić information content (AvgIpc) is 2.43. The molecule has 0 fully saturated rings. The van der Waals surface area contributed by atoms with Crippen LogP contribution in [-0.2, 0) is 13.6 Å². The zero-order chi connectivity index (χ0) is 14.7. The van der Waals surface area contributed by atoms with Crippen molar-refractivity contribution in [2.75, 3.05) is 11.9 Å². The molecule has 2 aromatic rings.